The minimum Gasteiger partial charge on any atom is -0.394 e. The number of halogens is 2. The third-order valence-corrected chi connectivity index (χ3v) is 4.50. The number of nitrogens with one attached hydrogen (secondary N) is 1. The molecular weight excluding hydrogens is 288 g/mol. The summed E-state index contributed by atoms with van der Waals surface area (Å²) in [5.41, 5.74) is 4.35. The van der Waals surface area contributed by atoms with Crippen LogP contribution < -0.4 is 10.5 Å². The van der Waals surface area contributed by atoms with Crippen LogP contribution in [0.3, 0.4) is 0 Å². The fraction of sp³-hybridized carbons (Fsp3) is 0.500. The van der Waals surface area contributed by atoms with Crippen molar-refractivity contribution in [2.24, 2.45) is 0 Å². The van der Waals surface area contributed by atoms with E-state index < -0.39 is 32.2 Å². The van der Waals surface area contributed by atoms with Crippen molar-refractivity contribution in [3.63, 3.8) is 0 Å². The van der Waals surface area contributed by atoms with Gasteiger partial charge in [0.05, 0.1) is 0 Å². The molecule has 8 heteroatoms. The molecule has 0 aliphatic rings. The molecule has 0 unspecified atom stereocenters. The van der Waals surface area contributed by atoms with Gasteiger partial charge in [-0.2, -0.15) is 0 Å². The normalized spacial score (nSPS) is 12.3. The molecule has 1 rings (SSSR count). The topological polar surface area (TPSA) is 75.4 Å². The third-order valence-electron chi connectivity index (χ3n) is 3.02. The van der Waals surface area contributed by atoms with Crippen LogP contribution in [0.1, 0.15) is 13.8 Å². The van der Waals surface area contributed by atoms with Gasteiger partial charge in [-0.25, -0.2) is 21.9 Å². The lowest BCUT2D eigenvalue weighted by atomic mass is 10.3. The molecule has 0 aliphatic heterocycles. The average molecular weight is 307 g/mol. The van der Waals surface area contributed by atoms with E-state index in [-0.39, 0.29) is 12.6 Å². The molecule has 0 radical (unpaired) electrons. The SMILES string of the molecule is CC(C)N(C)CCNS(=O)(=O)c1ccc(F)c(N)c1F. The average Bonchev–Trinajstić information content (AvgIpc) is 2.35. The van der Waals surface area contributed by atoms with Crippen molar-refractivity contribution in [2.75, 3.05) is 25.9 Å². The Morgan fingerprint density at radius 1 is 1.35 bits per heavy atom. The molecule has 0 bridgehead atoms. The molecule has 0 saturated carbocycles. The molecule has 20 heavy (non-hydrogen) atoms. The van der Waals surface area contributed by atoms with Crippen LogP contribution in [-0.4, -0.2) is 39.5 Å². The zero-order chi connectivity index (χ0) is 15.5. The van der Waals surface area contributed by atoms with Crippen LogP contribution >= 0.6 is 0 Å². The highest BCUT2D eigenvalue weighted by Gasteiger charge is 2.22. The van der Waals surface area contributed by atoms with Gasteiger partial charge in [-0.05, 0) is 33.0 Å². The summed E-state index contributed by atoms with van der Waals surface area (Å²) in [7, 11) is -2.21. The molecule has 1 aromatic carbocycles. The quantitative estimate of drug-likeness (QED) is 0.774. The molecule has 0 atom stereocenters. The molecule has 3 N–H and O–H groups in total. The number of nitrogens with two attached hydrogens (primary N) is 1. The summed E-state index contributed by atoms with van der Waals surface area (Å²) in [5.74, 6) is -2.25. The predicted octanol–water partition coefficient (Wildman–Crippen LogP) is 1.17. The summed E-state index contributed by atoms with van der Waals surface area (Å²) in [6, 6.07) is 1.95. The van der Waals surface area contributed by atoms with Gasteiger partial charge in [-0.15, -0.1) is 0 Å². The summed E-state index contributed by atoms with van der Waals surface area (Å²) in [6.07, 6.45) is 0. The number of rotatable bonds is 6. The molecule has 0 heterocycles. The molecule has 5 nitrogen and oxygen atoms in total. The first-order valence-corrected chi connectivity index (χ1v) is 7.58. The van der Waals surface area contributed by atoms with Gasteiger partial charge in [0.25, 0.3) is 0 Å². The molecule has 0 spiro atoms. The standard InChI is InChI=1S/C12H19F2N3O2S/c1-8(2)17(3)7-6-16-20(18,19)10-5-4-9(13)12(15)11(10)14/h4-5,8,16H,6-7,15H2,1-3H3. The van der Waals surface area contributed by atoms with Crippen LogP contribution in [0.5, 0.6) is 0 Å². The molecule has 0 fully saturated rings. The van der Waals surface area contributed by atoms with Gasteiger partial charge in [-0.3, -0.25) is 0 Å². The number of benzene rings is 1. The van der Waals surface area contributed by atoms with E-state index in [2.05, 4.69) is 4.72 Å². The summed E-state index contributed by atoms with van der Waals surface area (Å²) in [5, 5.41) is 0. The van der Waals surface area contributed by atoms with Gasteiger partial charge in [0.15, 0.2) is 5.82 Å². The second-order valence-corrected chi connectivity index (χ2v) is 6.48. The zero-order valence-corrected chi connectivity index (χ0v) is 12.5. The van der Waals surface area contributed by atoms with Gasteiger partial charge in [0, 0.05) is 19.1 Å². The molecular formula is C12H19F2N3O2S. The predicted molar refractivity (Wildman–Crippen MR) is 73.7 cm³/mol. The zero-order valence-electron chi connectivity index (χ0n) is 11.7. The van der Waals surface area contributed by atoms with Crippen molar-refractivity contribution in [1.29, 1.82) is 0 Å². The Bertz CT molecular complexity index is 576. The molecule has 1 aromatic rings. The molecule has 0 aliphatic carbocycles. The maximum absolute atomic E-state index is 13.7. The largest absolute Gasteiger partial charge is 0.394 e. The van der Waals surface area contributed by atoms with E-state index >= 15 is 0 Å². The van der Waals surface area contributed by atoms with Crippen molar-refractivity contribution < 1.29 is 17.2 Å². The minimum atomic E-state index is -4.05. The van der Waals surface area contributed by atoms with E-state index in [0.717, 1.165) is 12.1 Å². The second kappa shape index (κ2) is 6.47. The number of likely N-dealkylation sites (N-methyl/N-ethyl adjacent to an activating group) is 1. The lowest BCUT2D eigenvalue weighted by Crippen LogP contribution is -2.36. The third kappa shape index (κ3) is 3.87. The maximum Gasteiger partial charge on any atom is 0.243 e. The van der Waals surface area contributed by atoms with Gasteiger partial charge >= 0.3 is 0 Å². The van der Waals surface area contributed by atoms with Gasteiger partial charge in [0.2, 0.25) is 10.0 Å². The fourth-order valence-corrected chi connectivity index (χ4v) is 2.56. The van der Waals surface area contributed by atoms with Crippen LogP contribution in [0.15, 0.2) is 17.0 Å². The van der Waals surface area contributed by atoms with Crippen LogP contribution in [0.4, 0.5) is 14.5 Å². The van der Waals surface area contributed by atoms with Crippen LogP contribution in [0, 0.1) is 11.6 Å². The van der Waals surface area contributed by atoms with Crippen molar-refractivity contribution in [1.82, 2.24) is 9.62 Å². The van der Waals surface area contributed by atoms with E-state index in [0.29, 0.717) is 6.54 Å². The number of anilines is 1. The Morgan fingerprint density at radius 3 is 2.50 bits per heavy atom. The molecule has 0 aromatic heterocycles. The Balaban J connectivity index is 2.83. The first-order valence-electron chi connectivity index (χ1n) is 6.10. The lowest BCUT2D eigenvalue weighted by molar-refractivity contribution is 0.278. The van der Waals surface area contributed by atoms with Crippen molar-refractivity contribution in [3.05, 3.63) is 23.8 Å². The van der Waals surface area contributed by atoms with Gasteiger partial charge in [0.1, 0.15) is 16.4 Å². The number of hydrogen-bond acceptors (Lipinski definition) is 4. The van der Waals surface area contributed by atoms with E-state index in [1.54, 1.807) is 0 Å². The highest BCUT2D eigenvalue weighted by Crippen LogP contribution is 2.22. The fourth-order valence-electron chi connectivity index (χ4n) is 1.45. The van der Waals surface area contributed by atoms with Crippen LogP contribution in [-0.2, 0) is 10.0 Å². The molecule has 0 amide bonds. The highest BCUT2D eigenvalue weighted by atomic mass is 32.2. The Hall–Kier alpha value is -1.25. The summed E-state index contributed by atoms with van der Waals surface area (Å²) >= 11 is 0. The summed E-state index contributed by atoms with van der Waals surface area (Å²) < 4.78 is 52.8. The summed E-state index contributed by atoms with van der Waals surface area (Å²) in [6.45, 7) is 4.52. The number of sulfonamides is 1. The van der Waals surface area contributed by atoms with Crippen molar-refractivity contribution in [2.45, 2.75) is 24.8 Å². The van der Waals surface area contributed by atoms with E-state index in [1.807, 2.05) is 25.8 Å². The van der Waals surface area contributed by atoms with Crippen LogP contribution in [0.25, 0.3) is 0 Å². The Kier molecular flexibility index (Phi) is 5.43. The maximum atomic E-state index is 13.7. The smallest absolute Gasteiger partial charge is 0.243 e. The molecule has 0 saturated heterocycles. The van der Waals surface area contributed by atoms with Gasteiger partial charge < -0.3 is 10.6 Å². The summed E-state index contributed by atoms with van der Waals surface area (Å²) in [4.78, 5) is 1.28. The highest BCUT2D eigenvalue weighted by molar-refractivity contribution is 7.89. The Morgan fingerprint density at radius 2 is 1.95 bits per heavy atom. The molecule has 114 valence electrons. The first kappa shape index (κ1) is 16.8. The monoisotopic (exact) mass is 307 g/mol. The van der Waals surface area contributed by atoms with Crippen molar-refractivity contribution >= 4 is 15.7 Å². The number of nitrogen functional groups attached to an aromatic ring is 1. The lowest BCUT2D eigenvalue weighted by Gasteiger charge is -2.20. The van der Waals surface area contributed by atoms with Crippen LogP contribution in [0.2, 0.25) is 0 Å². The van der Waals surface area contributed by atoms with E-state index in [9.17, 15) is 17.2 Å². The Labute approximate surface area is 117 Å². The van der Waals surface area contributed by atoms with E-state index in [1.165, 1.54) is 0 Å². The number of hydrogen-bond donors (Lipinski definition) is 2. The van der Waals surface area contributed by atoms with Gasteiger partial charge in [-0.1, -0.05) is 0 Å². The number of nitrogens with zero attached hydrogens (tertiary/aromatic N) is 1. The van der Waals surface area contributed by atoms with Crippen molar-refractivity contribution in [3.8, 4) is 0 Å². The second-order valence-electron chi connectivity index (χ2n) is 4.75. The first-order chi connectivity index (χ1) is 9.16. The van der Waals surface area contributed by atoms with E-state index in [4.69, 9.17) is 5.73 Å². The minimum absolute atomic E-state index is 0.119.